The summed E-state index contributed by atoms with van der Waals surface area (Å²) < 4.78 is 10.8. The maximum absolute atomic E-state index is 12.0. The molecular formula is C18H19NO5. The van der Waals surface area contributed by atoms with Crippen LogP contribution in [0.15, 0.2) is 36.4 Å². The van der Waals surface area contributed by atoms with E-state index in [9.17, 15) is 14.9 Å². The number of nitrogens with zero attached hydrogens (tertiary/aromatic N) is 1. The molecule has 0 atom stereocenters. The molecule has 126 valence electrons. The van der Waals surface area contributed by atoms with Crippen molar-refractivity contribution >= 4 is 11.7 Å². The summed E-state index contributed by atoms with van der Waals surface area (Å²) in [5, 5.41) is 10.6. The van der Waals surface area contributed by atoms with Crippen LogP contribution in [-0.2, 0) is 4.79 Å². The predicted molar refractivity (Wildman–Crippen MR) is 89.5 cm³/mol. The molecule has 0 saturated carbocycles. The van der Waals surface area contributed by atoms with Crippen molar-refractivity contribution in [3.8, 4) is 11.5 Å². The molecule has 24 heavy (non-hydrogen) atoms. The fraction of sp³-hybridized carbons (Fsp3) is 0.278. The van der Waals surface area contributed by atoms with Crippen molar-refractivity contribution in [3.05, 3.63) is 63.2 Å². The number of aryl methyl sites for hydroxylation is 2. The summed E-state index contributed by atoms with van der Waals surface area (Å²) in [7, 11) is 0. The van der Waals surface area contributed by atoms with Gasteiger partial charge in [0.1, 0.15) is 11.5 Å². The predicted octanol–water partition coefficient (Wildman–Crippen LogP) is 3.89. The molecule has 2 rings (SSSR count). The quantitative estimate of drug-likeness (QED) is 0.348. The summed E-state index contributed by atoms with van der Waals surface area (Å²) >= 11 is 0. The second-order valence-electron chi connectivity index (χ2n) is 5.48. The number of esters is 1. The summed E-state index contributed by atoms with van der Waals surface area (Å²) in [5.74, 6) is 0.681. The average molecular weight is 329 g/mol. The highest BCUT2D eigenvalue weighted by Crippen LogP contribution is 2.26. The van der Waals surface area contributed by atoms with Gasteiger partial charge in [-0.3, -0.25) is 14.9 Å². The molecule has 6 nitrogen and oxygen atoms in total. The van der Waals surface area contributed by atoms with Crippen LogP contribution >= 0.6 is 0 Å². The van der Waals surface area contributed by atoms with Crippen LogP contribution in [0.3, 0.4) is 0 Å². The van der Waals surface area contributed by atoms with Gasteiger partial charge in [-0.05, 0) is 49.6 Å². The second-order valence-corrected chi connectivity index (χ2v) is 5.48. The lowest BCUT2D eigenvalue weighted by Gasteiger charge is -2.12. The fourth-order valence-electron chi connectivity index (χ4n) is 2.16. The number of carbonyl (C=O) groups excluding carboxylic acids is 1. The lowest BCUT2D eigenvalue weighted by Crippen LogP contribution is -2.14. The molecule has 0 amide bonds. The summed E-state index contributed by atoms with van der Waals surface area (Å²) in [5.41, 5.74) is 2.90. The minimum atomic E-state index is -0.479. The molecule has 0 unspecified atom stereocenters. The standard InChI is InChI=1S/C18H19NO5/c1-12-4-5-13(2)18(14(12)3)24-17(20)10-11-23-16-8-6-15(7-9-16)19(21)22/h4-9H,10-11H2,1-3H3. The zero-order valence-electron chi connectivity index (χ0n) is 13.9. The Morgan fingerprint density at radius 2 is 1.67 bits per heavy atom. The molecule has 0 radical (unpaired) electrons. The highest BCUT2D eigenvalue weighted by molar-refractivity contribution is 5.73. The van der Waals surface area contributed by atoms with E-state index >= 15 is 0 Å². The van der Waals surface area contributed by atoms with Gasteiger partial charge < -0.3 is 9.47 Å². The number of nitro benzene ring substituents is 1. The molecule has 0 saturated heterocycles. The van der Waals surface area contributed by atoms with Crippen LogP contribution in [0.5, 0.6) is 11.5 Å². The first kappa shape index (κ1) is 17.5. The van der Waals surface area contributed by atoms with Gasteiger partial charge in [-0.1, -0.05) is 12.1 Å². The minimum absolute atomic E-state index is 0.00726. The summed E-state index contributed by atoms with van der Waals surface area (Å²) in [6.45, 7) is 5.91. The van der Waals surface area contributed by atoms with Gasteiger partial charge in [0, 0.05) is 12.1 Å². The molecule has 0 heterocycles. The van der Waals surface area contributed by atoms with Gasteiger partial charge in [-0.2, -0.15) is 0 Å². The number of ether oxygens (including phenoxy) is 2. The van der Waals surface area contributed by atoms with Gasteiger partial charge in [0.15, 0.2) is 0 Å². The Kier molecular flexibility index (Phi) is 5.52. The smallest absolute Gasteiger partial charge is 0.314 e. The van der Waals surface area contributed by atoms with Gasteiger partial charge >= 0.3 is 5.97 Å². The SMILES string of the molecule is Cc1ccc(C)c(OC(=O)CCOc2ccc([N+](=O)[O-])cc2)c1C. The number of benzene rings is 2. The first-order valence-corrected chi connectivity index (χ1v) is 7.53. The van der Waals surface area contributed by atoms with Gasteiger partial charge in [0.05, 0.1) is 18.0 Å². The van der Waals surface area contributed by atoms with E-state index in [4.69, 9.17) is 9.47 Å². The molecule has 0 aliphatic rings. The topological polar surface area (TPSA) is 78.7 Å². The van der Waals surface area contributed by atoms with Gasteiger partial charge in [0.2, 0.25) is 0 Å². The Hall–Kier alpha value is -2.89. The normalized spacial score (nSPS) is 10.3. The zero-order chi connectivity index (χ0) is 17.7. The lowest BCUT2D eigenvalue weighted by atomic mass is 10.1. The van der Waals surface area contributed by atoms with E-state index in [0.29, 0.717) is 11.5 Å². The molecule has 6 heteroatoms. The van der Waals surface area contributed by atoms with Crippen molar-refractivity contribution in [2.24, 2.45) is 0 Å². The maximum atomic E-state index is 12.0. The Morgan fingerprint density at radius 3 is 2.29 bits per heavy atom. The summed E-state index contributed by atoms with van der Waals surface area (Å²) in [6.07, 6.45) is 0.0871. The van der Waals surface area contributed by atoms with Crippen molar-refractivity contribution in [1.29, 1.82) is 0 Å². The van der Waals surface area contributed by atoms with E-state index < -0.39 is 4.92 Å². The van der Waals surface area contributed by atoms with Crippen molar-refractivity contribution in [1.82, 2.24) is 0 Å². The molecule has 0 aromatic heterocycles. The molecule has 0 aliphatic heterocycles. The third-order valence-corrected chi connectivity index (χ3v) is 3.71. The van der Waals surface area contributed by atoms with Gasteiger partial charge in [-0.15, -0.1) is 0 Å². The van der Waals surface area contributed by atoms with E-state index in [2.05, 4.69) is 0 Å². The number of carbonyl (C=O) groups is 1. The van der Waals surface area contributed by atoms with Crippen molar-refractivity contribution in [2.75, 3.05) is 6.61 Å². The second kappa shape index (κ2) is 7.59. The molecule has 0 fully saturated rings. The van der Waals surface area contributed by atoms with Crippen LogP contribution in [0.1, 0.15) is 23.1 Å². The van der Waals surface area contributed by atoms with Crippen molar-refractivity contribution in [2.45, 2.75) is 27.2 Å². The number of nitro groups is 1. The number of rotatable bonds is 6. The van der Waals surface area contributed by atoms with E-state index in [1.54, 1.807) is 0 Å². The van der Waals surface area contributed by atoms with E-state index in [-0.39, 0.29) is 24.7 Å². The third-order valence-electron chi connectivity index (χ3n) is 3.71. The molecule has 0 aliphatic carbocycles. The lowest BCUT2D eigenvalue weighted by molar-refractivity contribution is -0.384. The number of non-ortho nitro benzene ring substituents is 1. The van der Waals surface area contributed by atoms with Crippen molar-refractivity contribution < 1.29 is 19.2 Å². The monoisotopic (exact) mass is 329 g/mol. The first-order chi connectivity index (χ1) is 11.4. The Labute approximate surface area is 140 Å². The minimum Gasteiger partial charge on any atom is -0.493 e. The van der Waals surface area contributed by atoms with Crippen LogP contribution in [0.2, 0.25) is 0 Å². The van der Waals surface area contributed by atoms with Crippen LogP contribution in [0.4, 0.5) is 5.69 Å². The molecule has 2 aromatic rings. The Balaban J connectivity index is 1.88. The molecular weight excluding hydrogens is 310 g/mol. The zero-order valence-corrected chi connectivity index (χ0v) is 13.9. The van der Waals surface area contributed by atoms with Crippen LogP contribution in [0, 0.1) is 30.9 Å². The summed E-state index contributed by atoms with van der Waals surface area (Å²) in [4.78, 5) is 22.1. The van der Waals surface area contributed by atoms with Crippen LogP contribution in [0.25, 0.3) is 0 Å². The Morgan fingerprint density at radius 1 is 1.04 bits per heavy atom. The molecule has 0 bridgehead atoms. The number of hydrogen-bond donors (Lipinski definition) is 0. The largest absolute Gasteiger partial charge is 0.493 e. The van der Waals surface area contributed by atoms with Crippen LogP contribution < -0.4 is 9.47 Å². The summed E-state index contributed by atoms with van der Waals surface area (Å²) in [6, 6.07) is 9.61. The molecule has 0 spiro atoms. The van der Waals surface area contributed by atoms with E-state index in [1.165, 1.54) is 24.3 Å². The maximum Gasteiger partial charge on any atom is 0.314 e. The van der Waals surface area contributed by atoms with Gasteiger partial charge in [0.25, 0.3) is 5.69 Å². The first-order valence-electron chi connectivity index (χ1n) is 7.53. The highest BCUT2D eigenvalue weighted by atomic mass is 16.6. The van der Waals surface area contributed by atoms with Crippen LogP contribution in [-0.4, -0.2) is 17.5 Å². The van der Waals surface area contributed by atoms with E-state index in [0.717, 1.165) is 16.7 Å². The molecule has 2 aromatic carbocycles. The molecule has 0 N–H and O–H groups in total. The number of hydrogen-bond acceptors (Lipinski definition) is 5. The Bertz CT molecular complexity index is 753. The van der Waals surface area contributed by atoms with Crippen molar-refractivity contribution in [3.63, 3.8) is 0 Å². The fourth-order valence-corrected chi connectivity index (χ4v) is 2.16. The van der Waals surface area contributed by atoms with E-state index in [1.807, 2.05) is 32.9 Å². The highest BCUT2D eigenvalue weighted by Gasteiger charge is 2.12. The third kappa shape index (κ3) is 4.32. The average Bonchev–Trinajstić information content (AvgIpc) is 2.55. The van der Waals surface area contributed by atoms with Gasteiger partial charge in [-0.25, -0.2) is 0 Å².